The molecule has 3 rings (SSSR count). The van der Waals surface area contributed by atoms with Crippen molar-refractivity contribution in [1.29, 1.82) is 0 Å². The second-order valence-corrected chi connectivity index (χ2v) is 9.78. The van der Waals surface area contributed by atoms with Gasteiger partial charge in [0.1, 0.15) is 18.2 Å². The first kappa shape index (κ1) is 23.2. The number of ether oxygens (including phenoxy) is 1. The Hall–Kier alpha value is -2.45. The average molecular weight is 449 g/mol. The van der Waals surface area contributed by atoms with Crippen molar-refractivity contribution >= 4 is 15.9 Å². The first-order chi connectivity index (χ1) is 14.9. The van der Waals surface area contributed by atoms with Crippen molar-refractivity contribution in [3.05, 3.63) is 66.0 Å². The van der Waals surface area contributed by atoms with Gasteiger partial charge in [-0.3, -0.25) is 4.79 Å². The zero-order valence-corrected chi connectivity index (χ0v) is 18.3. The van der Waals surface area contributed by atoms with Crippen molar-refractivity contribution in [2.24, 2.45) is 5.92 Å². The third kappa shape index (κ3) is 7.33. The molecule has 1 aliphatic heterocycles. The van der Waals surface area contributed by atoms with Crippen molar-refractivity contribution < 1.29 is 22.3 Å². The minimum Gasteiger partial charge on any atom is -0.492 e. The molecule has 2 aromatic rings. The molecule has 0 aliphatic carbocycles. The Bertz CT molecular complexity index is 936. The molecule has 8 heteroatoms. The van der Waals surface area contributed by atoms with Gasteiger partial charge in [-0.1, -0.05) is 30.3 Å². The number of carbonyl (C=O) groups is 1. The predicted octanol–water partition coefficient (Wildman–Crippen LogP) is 3.00. The smallest absolute Gasteiger partial charge is 0.224 e. The second kappa shape index (κ2) is 11.2. The minimum absolute atomic E-state index is 0.0851. The number of amides is 1. The van der Waals surface area contributed by atoms with Crippen molar-refractivity contribution in [1.82, 2.24) is 9.62 Å². The van der Waals surface area contributed by atoms with Crippen LogP contribution in [0.25, 0.3) is 0 Å². The van der Waals surface area contributed by atoms with Crippen LogP contribution in [0.3, 0.4) is 0 Å². The number of sulfonamides is 1. The van der Waals surface area contributed by atoms with Crippen LogP contribution in [0.4, 0.5) is 4.39 Å². The molecule has 1 heterocycles. The average Bonchev–Trinajstić information content (AvgIpc) is 2.78. The van der Waals surface area contributed by atoms with Gasteiger partial charge >= 0.3 is 0 Å². The van der Waals surface area contributed by atoms with Crippen molar-refractivity contribution in [2.45, 2.75) is 25.7 Å². The van der Waals surface area contributed by atoms with E-state index < -0.39 is 10.0 Å². The van der Waals surface area contributed by atoms with E-state index in [0.717, 1.165) is 5.56 Å². The highest BCUT2D eigenvalue weighted by molar-refractivity contribution is 7.89. The first-order valence-corrected chi connectivity index (χ1v) is 12.2. The lowest BCUT2D eigenvalue weighted by Gasteiger charge is -2.31. The van der Waals surface area contributed by atoms with E-state index >= 15 is 0 Å². The van der Waals surface area contributed by atoms with Crippen LogP contribution in [-0.2, 0) is 21.2 Å². The highest BCUT2D eigenvalue weighted by Gasteiger charge is 2.31. The Morgan fingerprint density at radius 3 is 2.61 bits per heavy atom. The molecule has 0 aromatic heterocycles. The number of hydrogen-bond donors (Lipinski definition) is 1. The molecule has 1 saturated heterocycles. The Kier molecular flexibility index (Phi) is 8.43. The molecule has 31 heavy (non-hydrogen) atoms. The van der Waals surface area contributed by atoms with E-state index in [1.807, 2.05) is 30.3 Å². The van der Waals surface area contributed by atoms with Crippen molar-refractivity contribution in [3.8, 4) is 5.75 Å². The number of piperidine rings is 1. The van der Waals surface area contributed by atoms with E-state index in [4.69, 9.17) is 4.74 Å². The van der Waals surface area contributed by atoms with Crippen LogP contribution in [0.1, 0.15) is 24.8 Å². The van der Waals surface area contributed by atoms with E-state index in [1.54, 1.807) is 0 Å². The highest BCUT2D eigenvalue weighted by atomic mass is 32.2. The molecule has 0 bridgehead atoms. The normalized spacial score (nSPS) is 17.3. The number of rotatable bonds is 10. The fourth-order valence-electron chi connectivity index (χ4n) is 3.66. The molecule has 1 amide bonds. The number of hydrogen-bond acceptors (Lipinski definition) is 4. The summed E-state index contributed by atoms with van der Waals surface area (Å²) in [4.78, 5) is 12.5. The summed E-state index contributed by atoms with van der Waals surface area (Å²) in [5.74, 6) is -0.240. The minimum atomic E-state index is -3.39. The molecule has 168 valence electrons. The summed E-state index contributed by atoms with van der Waals surface area (Å²) in [6.45, 7) is 1.24. The monoisotopic (exact) mass is 448 g/mol. The Morgan fingerprint density at radius 2 is 1.87 bits per heavy atom. The van der Waals surface area contributed by atoms with Crippen molar-refractivity contribution in [2.75, 3.05) is 32.0 Å². The largest absolute Gasteiger partial charge is 0.492 e. The van der Waals surface area contributed by atoms with Gasteiger partial charge in [0, 0.05) is 13.1 Å². The van der Waals surface area contributed by atoms with E-state index in [9.17, 15) is 17.6 Å². The molecule has 1 atom stereocenters. The molecule has 0 radical (unpaired) electrons. The van der Waals surface area contributed by atoms with Gasteiger partial charge in [-0.25, -0.2) is 17.1 Å². The number of aryl methyl sites for hydroxylation is 1. The Balaban J connectivity index is 1.40. The molecule has 2 aromatic carbocycles. The number of nitrogens with zero attached hydrogens (tertiary/aromatic N) is 1. The van der Waals surface area contributed by atoms with Gasteiger partial charge in [-0.2, -0.15) is 0 Å². The summed E-state index contributed by atoms with van der Waals surface area (Å²) in [5.41, 5.74) is 1.12. The maximum absolute atomic E-state index is 12.9. The predicted molar refractivity (Wildman–Crippen MR) is 118 cm³/mol. The molecule has 1 aliphatic rings. The maximum Gasteiger partial charge on any atom is 0.224 e. The molecule has 1 fully saturated rings. The summed E-state index contributed by atoms with van der Waals surface area (Å²) in [6, 6.07) is 15.5. The summed E-state index contributed by atoms with van der Waals surface area (Å²) < 4.78 is 45.3. The van der Waals surface area contributed by atoms with Crippen LogP contribution in [0.15, 0.2) is 54.6 Å². The topological polar surface area (TPSA) is 75.7 Å². The number of benzene rings is 2. The van der Waals surface area contributed by atoms with Crippen LogP contribution in [0.5, 0.6) is 5.75 Å². The van der Waals surface area contributed by atoms with E-state index in [-0.39, 0.29) is 36.5 Å². The summed E-state index contributed by atoms with van der Waals surface area (Å²) >= 11 is 0. The number of nitrogens with one attached hydrogen (secondary N) is 1. The van der Waals surface area contributed by atoms with Gasteiger partial charge in [-0.15, -0.1) is 0 Å². The van der Waals surface area contributed by atoms with Crippen molar-refractivity contribution in [3.63, 3.8) is 0 Å². The molecule has 0 spiro atoms. The van der Waals surface area contributed by atoms with Gasteiger partial charge in [0.25, 0.3) is 0 Å². The molecule has 1 N–H and O–H groups in total. The van der Waals surface area contributed by atoms with Gasteiger partial charge < -0.3 is 10.1 Å². The Morgan fingerprint density at radius 1 is 1.13 bits per heavy atom. The lowest BCUT2D eigenvalue weighted by Crippen LogP contribution is -2.46. The summed E-state index contributed by atoms with van der Waals surface area (Å²) in [7, 11) is -3.39. The lowest BCUT2D eigenvalue weighted by atomic mass is 9.99. The lowest BCUT2D eigenvalue weighted by molar-refractivity contribution is -0.126. The van der Waals surface area contributed by atoms with E-state index in [1.165, 1.54) is 28.6 Å². The summed E-state index contributed by atoms with van der Waals surface area (Å²) in [5, 5.41) is 2.81. The fraction of sp³-hybridized carbons (Fsp3) is 0.435. The van der Waals surface area contributed by atoms with E-state index in [0.29, 0.717) is 44.5 Å². The maximum atomic E-state index is 12.9. The van der Waals surface area contributed by atoms with E-state index in [2.05, 4.69) is 5.32 Å². The van der Waals surface area contributed by atoms with Crippen LogP contribution in [0.2, 0.25) is 0 Å². The first-order valence-electron chi connectivity index (χ1n) is 10.6. The standard InChI is InChI=1S/C23H29FN2O4S/c24-21-10-12-22(13-11-21)30-16-14-25-23(27)20-9-4-15-26(18-20)31(28,29)17-5-8-19-6-2-1-3-7-19/h1-3,6-7,10-13,20H,4-5,8-9,14-18H2,(H,25,27). The Labute approximate surface area is 183 Å². The third-order valence-electron chi connectivity index (χ3n) is 5.34. The quantitative estimate of drug-likeness (QED) is 0.567. The molecular weight excluding hydrogens is 419 g/mol. The zero-order chi connectivity index (χ0) is 22.1. The van der Waals surface area contributed by atoms with Gasteiger partial charge in [0.05, 0.1) is 18.2 Å². The molecule has 0 saturated carbocycles. The van der Waals surface area contributed by atoms with Gasteiger partial charge in [-0.05, 0) is 55.5 Å². The summed E-state index contributed by atoms with van der Waals surface area (Å²) in [6.07, 6.45) is 2.61. The molecular formula is C23H29FN2O4S. The third-order valence-corrected chi connectivity index (χ3v) is 7.27. The van der Waals surface area contributed by atoms with Gasteiger partial charge in [0.2, 0.25) is 15.9 Å². The molecule has 1 unspecified atom stereocenters. The number of carbonyl (C=O) groups excluding carboxylic acids is 1. The second-order valence-electron chi connectivity index (χ2n) is 7.70. The fourth-order valence-corrected chi connectivity index (χ4v) is 5.24. The van der Waals surface area contributed by atoms with Crippen LogP contribution in [-0.4, -0.2) is 50.6 Å². The number of halogens is 1. The van der Waals surface area contributed by atoms with Gasteiger partial charge in [0.15, 0.2) is 0 Å². The molecule has 6 nitrogen and oxygen atoms in total. The van der Waals surface area contributed by atoms with Crippen LogP contribution < -0.4 is 10.1 Å². The van der Waals surface area contributed by atoms with Crippen LogP contribution in [0, 0.1) is 11.7 Å². The SMILES string of the molecule is O=C(NCCOc1ccc(F)cc1)C1CCCN(S(=O)(=O)CCCc2ccccc2)C1. The highest BCUT2D eigenvalue weighted by Crippen LogP contribution is 2.20. The zero-order valence-electron chi connectivity index (χ0n) is 17.5. The van der Waals surface area contributed by atoms with Crippen LogP contribution >= 0.6 is 0 Å².